The van der Waals surface area contributed by atoms with E-state index in [1.165, 1.54) is 37.7 Å². The zero-order valence-corrected chi connectivity index (χ0v) is 13.8. The van der Waals surface area contributed by atoms with E-state index in [-0.39, 0.29) is 0 Å². The zero-order valence-electron chi connectivity index (χ0n) is 13.8. The molecule has 1 unspecified atom stereocenters. The second-order valence-corrected chi connectivity index (χ2v) is 6.13. The maximum Gasteiger partial charge on any atom is 0.191 e. The van der Waals surface area contributed by atoms with E-state index in [0.717, 1.165) is 18.1 Å². The predicted octanol–water partition coefficient (Wildman–Crippen LogP) is 2.92. The minimum Gasteiger partial charge on any atom is -0.386 e. The number of aliphatic hydroxyl groups is 1. The number of benzene rings is 1. The van der Waals surface area contributed by atoms with Gasteiger partial charge in [-0.1, -0.05) is 49.1 Å². The Labute approximate surface area is 134 Å². The van der Waals surface area contributed by atoms with Gasteiger partial charge in [-0.3, -0.25) is 4.99 Å². The molecule has 0 spiro atoms. The van der Waals surface area contributed by atoms with Gasteiger partial charge in [-0.2, -0.15) is 0 Å². The van der Waals surface area contributed by atoms with Gasteiger partial charge in [0.15, 0.2) is 5.96 Å². The summed E-state index contributed by atoms with van der Waals surface area (Å²) in [7, 11) is 0. The lowest BCUT2D eigenvalue weighted by atomic mass is 9.96. The molecule has 2 rings (SSSR count). The fraction of sp³-hybridized carbons (Fsp3) is 0.611. The molecular formula is C18H29N3O. The number of aryl methyl sites for hydroxylation is 1. The first-order valence-electron chi connectivity index (χ1n) is 8.48. The zero-order chi connectivity index (χ0) is 15.8. The molecule has 0 aliphatic heterocycles. The maximum absolute atomic E-state index is 10.3. The highest BCUT2D eigenvalue weighted by molar-refractivity contribution is 5.80. The Morgan fingerprint density at radius 3 is 2.55 bits per heavy atom. The minimum atomic E-state index is -0.553. The van der Waals surface area contributed by atoms with Crippen LogP contribution in [-0.2, 0) is 0 Å². The normalized spacial score (nSPS) is 18.0. The van der Waals surface area contributed by atoms with Crippen molar-refractivity contribution in [2.24, 2.45) is 4.99 Å². The summed E-state index contributed by atoms with van der Waals surface area (Å²) in [5, 5.41) is 17.0. The SMILES string of the molecule is CCNC(=NCC(O)c1ccc(C)cc1)NC1CCCCC1. The van der Waals surface area contributed by atoms with E-state index in [1.807, 2.05) is 31.2 Å². The summed E-state index contributed by atoms with van der Waals surface area (Å²) in [4.78, 5) is 4.55. The number of hydrogen-bond donors (Lipinski definition) is 3. The Bertz CT molecular complexity index is 464. The lowest BCUT2D eigenvalue weighted by molar-refractivity contribution is 0.187. The van der Waals surface area contributed by atoms with Crippen molar-refractivity contribution in [1.82, 2.24) is 10.6 Å². The van der Waals surface area contributed by atoms with Crippen molar-refractivity contribution >= 4 is 5.96 Å². The van der Waals surface area contributed by atoms with Gasteiger partial charge in [0.25, 0.3) is 0 Å². The average Bonchev–Trinajstić information content (AvgIpc) is 2.54. The molecule has 0 bridgehead atoms. The van der Waals surface area contributed by atoms with Crippen LogP contribution in [-0.4, -0.2) is 30.2 Å². The molecule has 0 amide bonds. The van der Waals surface area contributed by atoms with Crippen molar-refractivity contribution in [2.75, 3.05) is 13.1 Å². The van der Waals surface area contributed by atoms with E-state index < -0.39 is 6.10 Å². The van der Waals surface area contributed by atoms with Gasteiger partial charge in [-0.25, -0.2) is 0 Å². The van der Waals surface area contributed by atoms with Crippen molar-refractivity contribution in [1.29, 1.82) is 0 Å². The van der Waals surface area contributed by atoms with E-state index in [9.17, 15) is 5.11 Å². The second kappa shape index (κ2) is 8.79. The summed E-state index contributed by atoms with van der Waals surface area (Å²) in [5.41, 5.74) is 2.12. The number of hydrogen-bond acceptors (Lipinski definition) is 2. The monoisotopic (exact) mass is 303 g/mol. The highest BCUT2D eigenvalue weighted by Gasteiger charge is 2.15. The van der Waals surface area contributed by atoms with Gasteiger partial charge in [-0.15, -0.1) is 0 Å². The molecule has 0 heterocycles. The van der Waals surface area contributed by atoms with Crippen LogP contribution in [0.5, 0.6) is 0 Å². The van der Waals surface area contributed by atoms with Crippen molar-refractivity contribution in [3.63, 3.8) is 0 Å². The highest BCUT2D eigenvalue weighted by atomic mass is 16.3. The summed E-state index contributed by atoms with van der Waals surface area (Å²) < 4.78 is 0. The fourth-order valence-electron chi connectivity index (χ4n) is 2.83. The van der Waals surface area contributed by atoms with Gasteiger partial charge >= 0.3 is 0 Å². The Hall–Kier alpha value is -1.55. The Morgan fingerprint density at radius 2 is 1.91 bits per heavy atom. The topological polar surface area (TPSA) is 56.7 Å². The van der Waals surface area contributed by atoms with Crippen LogP contribution in [0.2, 0.25) is 0 Å². The van der Waals surface area contributed by atoms with Crippen LogP contribution in [0, 0.1) is 6.92 Å². The van der Waals surface area contributed by atoms with Gasteiger partial charge in [0.2, 0.25) is 0 Å². The average molecular weight is 303 g/mol. The Morgan fingerprint density at radius 1 is 1.23 bits per heavy atom. The summed E-state index contributed by atoms with van der Waals surface area (Å²) >= 11 is 0. The van der Waals surface area contributed by atoms with Crippen LogP contribution < -0.4 is 10.6 Å². The molecule has 0 radical (unpaired) electrons. The largest absolute Gasteiger partial charge is 0.386 e. The molecule has 4 heteroatoms. The smallest absolute Gasteiger partial charge is 0.191 e. The number of rotatable bonds is 5. The number of aliphatic hydroxyl groups excluding tert-OH is 1. The van der Waals surface area contributed by atoms with Crippen molar-refractivity contribution in [3.05, 3.63) is 35.4 Å². The number of guanidine groups is 1. The van der Waals surface area contributed by atoms with Gasteiger partial charge in [0.1, 0.15) is 0 Å². The molecule has 1 atom stereocenters. The Balaban J connectivity index is 1.91. The third kappa shape index (κ3) is 5.34. The lowest BCUT2D eigenvalue weighted by Gasteiger charge is -2.25. The van der Waals surface area contributed by atoms with Crippen molar-refractivity contribution in [3.8, 4) is 0 Å². The summed E-state index contributed by atoms with van der Waals surface area (Å²) in [5.74, 6) is 0.820. The fourth-order valence-corrected chi connectivity index (χ4v) is 2.83. The summed E-state index contributed by atoms with van der Waals surface area (Å²) in [6, 6.07) is 8.50. The molecule has 1 aliphatic rings. The third-order valence-electron chi connectivity index (χ3n) is 4.17. The highest BCUT2D eigenvalue weighted by Crippen LogP contribution is 2.17. The first kappa shape index (κ1) is 16.8. The Kier molecular flexibility index (Phi) is 6.72. The number of nitrogens with zero attached hydrogens (tertiary/aromatic N) is 1. The van der Waals surface area contributed by atoms with Gasteiger partial charge in [0, 0.05) is 12.6 Å². The van der Waals surface area contributed by atoms with E-state index in [0.29, 0.717) is 12.6 Å². The molecule has 1 aromatic rings. The van der Waals surface area contributed by atoms with Gasteiger partial charge < -0.3 is 15.7 Å². The van der Waals surface area contributed by atoms with E-state index in [2.05, 4.69) is 22.5 Å². The molecular weight excluding hydrogens is 274 g/mol. The maximum atomic E-state index is 10.3. The lowest BCUT2D eigenvalue weighted by Crippen LogP contribution is -2.44. The van der Waals surface area contributed by atoms with Crippen LogP contribution in [0.15, 0.2) is 29.3 Å². The first-order valence-corrected chi connectivity index (χ1v) is 8.48. The van der Waals surface area contributed by atoms with E-state index in [4.69, 9.17) is 0 Å². The molecule has 0 aromatic heterocycles. The molecule has 1 aliphatic carbocycles. The molecule has 3 N–H and O–H groups in total. The number of nitrogens with one attached hydrogen (secondary N) is 2. The van der Waals surface area contributed by atoms with Crippen LogP contribution >= 0.6 is 0 Å². The first-order chi connectivity index (χ1) is 10.7. The summed E-state index contributed by atoms with van der Waals surface area (Å²) in [6.07, 6.45) is 5.81. The minimum absolute atomic E-state index is 0.380. The van der Waals surface area contributed by atoms with Crippen molar-refractivity contribution < 1.29 is 5.11 Å². The third-order valence-corrected chi connectivity index (χ3v) is 4.17. The van der Waals surface area contributed by atoms with Crippen LogP contribution in [0.25, 0.3) is 0 Å². The molecule has 1 aromatic carbocycles. The van der Waals surface area contributed by atoms with Crippen LogP contribution in [0.4, 0.5) is 0 Å². The molecule has 22 heavy (non-hydrogen) atoms. The molecule has 0 saturated heterocycles. The molecule has 1 fully saturated rings. The van der Waals surface area contributed by atoms with Gasteiger partial charge in [0.05, 0.1) is 12.6 Å². The molecule has 1 saturated carbocycles. The standard InChI is InChI=1S/C18H29N3O/c1-3-19-18(21-16-7-5-4-6-8-16)20-13-17(22)15-11-9-14(2)10-12-15/h9-12,16-17,22H,3-8,13H2,1-2H3,(H2,19,20,21). The second-order valence-electron chi connectivity index (χ2n) is 6.13. The van der Waals surface area contributed by atoms with E-state index in [1.54, 1.807) is 0 Å². The van der Waals surface area contributed by atoms with Crippen LogP contribution in [0.1, 0.15) is 56.3 Å². The molecule has 4 nitrogen and oxygen atoms in total. The molecule has 122 valence electrons. The summed E-state index contributed by atoms with van der Waals surface area (Å²) in [6.45, 7) is 5.32. The quantitative estimate of drug-likeness (QED) is 0.579. The van der Waals surface area contributed by atoms with E-state index >= 15 is 0 Å². The van der Waals surface area contributed by atoms with Crippen molar-refractivity contribution in [2.45, 2.75) is 58.1 Å². The van der Waals surface area contributed by atoms with Gasteiger partial charge in [-0.05, 0) is 32.3 Å². The number of aliphatic imine (C=N–C) groups is 1. The predicted molar refractivity (Wildman–Crippen MR) is 92.1 cm³/mol. The van der Waals surface area contributed by atoms with Crippen LogP contribution in [0.3, 0.4) is 0 Å².